The third kappa shape index (κ3) is 4.75. The van der Waals surface area contributed by atoms with Gasteiger partial charge in [0.05, 0.1) is 4.92 Å². The third-order valence-corrected chi connectivity index (χ3v) is 4.29. The molecule has 0 heterocycles. The van der Waals surface area contributed by atoms with Gasteiger partial charge in [0.15, 0.2) is 0 Å². The molecule has 0 bridgehead atoms. The minimum Gasteiger partial charge on any atom is -0.336 e. The molecule has 0 aromatic heterocycles. The van der Waals surface area contributed by atoms with Crippen LogP contribution in [0.3, 0.4) is 0 Å². The van der Waals surface area contributed by atoms with Gasteiger partial charge in [0, 0.05) is 29.7 Å². The molecule has 0 radical (unpaired) electrons. The number of nitro groups is 1. The van der Waals surface area contributed by atoms with Gasteiger partial charge in [0.25, 0.3) is 5.69 Å². The van der Waals surface area contributed by atoms with E-state index in [4.69, 9.17) is 0 Å². The molecule has 4 nitrogen and oxygen atoms in total. The second-order valence-corrected chi connectivity index (χ2v) is 6.07. The lowest BCUT2D eigenvalue weighted by Crippen LogP contribution is -2.84. The van der Waals surface area contributed by atoms with Gasteiger partial charge in [-0.2, -0.15) is 0 Å². The molecule has 0 fully saturated rings. The Balaban J connectivity index is 1.76. The van der Waals surface area contributed by atoms with Crippen LogP contribution in [0.1, 0.15) is 22.7 Å². The summed E-state index contributed by atoms with van der Waals surface area (Å²) in [6, 6.07) is 27.9. The Bertz CT molecular complexity index is 820. The number of non-ortho nitro benzene ring substituents is 1. The van der Waals surface area contributed by atoms with Crippen LogP contribution >= 0.6 is 0 Å². The summed E-state index contributed by atoms with van der Waals surface area (Å²) >= 11 is 0. The SMILES string of the molecule is O=[N+]([O-])c1cccc(C[NH2+]C(Cc2ccccc2)c2ccccc2)c1. The van der Waals surface area contributed by atoms with Crippen LogP contribution in [0.4, 0.5) is 5.69 Å². The van der Waals surface area contributed by atoms with Crippen molar-refractivity contribution in [3.05, 3.63) is 112 Å². The average Bonchev–Trinajstić information content (AvgIpc) is 2.67. The van der Waals surface area contributed by atoms with Gasteiger partial charge in [0.2, 0.25) is 0 Å². The first-order chi connectivity index (χ1) is 12.2. The molecule has 2 N–H and O–H groups in total. The molecule has 1 atom stereocenters. The standard InChI is InChI=1S/C21H20N2O2/c24-23(25)20-13-7-10-18(14-20)16-22-21(19-11-5-2-6-12-19)15-17-8-3-1-4-9-17/h1-14,21-22H,15-16H2/p+1. The van der Waals surface area contributed by atoms with Crippen molar-refractivity contribution >= 4 is 5.69 Å². The molecule has 0 saturated carbocycles. The molecular formula is C21H21N2O2+. The van der Waals surface area contributed by atoms with Crippen LogP contribution in [0.15, 0.2) is 84.9 Å². The number of rotatable bonds is 7. The van der Waals surface area contributed by atoms with Gasteiger partial charge in [0.1, 0.15) is 12.6 Å². The second kappa shape index (κ2) is 8.22. The molecule has 0 spiro atoms. The molecule has 1 unspecified atom stereocenters. The molecule has 0 aliphatic heterocycles. The molecule has 0 amide bonds. The minimum atomic E-state index is -0.345. The number of quaternary nitrogens is 1. The van der Waals surface area contributed by atoms with Crippen LogP contribution in [0.2, 0.25) is 0 Å². The fourth-order valence-corrected chi connectivity index (χ4v) is 2.98. The van der Waals surface area contributed by atoms with Crippen molar-refractivity contribution in [3.8, 4) is 0 Å². The lowest BCUT2D eigenvalue weighted by molar-refractivity contribution is -0.711. The maximum absolute atomic E-state index is 10.9. The second-order valence-electron chi connectivity index (χ2n) is 6.07. The van der Waals surface area contributed by atoms with E-state index in [9.17, 15) is 10.1 Å². The molecule has 4 heteroatoms. The Morgan fingerprint density at radius 1 is 0.840 bits per heavy atom. The highest BCUT2D eigenvalue weighted by molar-refractivity contribution is 5.33. The van der Waals surface area contributed by atoms with Gasteiger partial charge in [-0.15, -0.1) is 0 Å². The zero-order valence-electron chi connectivity index (χ0n) is 13.9. The van der Waals surface area contributed by atoms with Crippen LogP contribution in [0, 0.1) is 10.1 Å². The van der Waals surface area contributed by atoms with Crippen molar-refractivity contribution < 1.29 is 10.2 Å². The van der Waals surface area contributed by atoms with Crippen molar-refractivity contribution in [2.24, 2.45) is 0 Å². The first-order valence-electron chi connectivity index (χ1n) is 8.38. The summed E-state index contributed by atoms with van der Waals surface area (Å²) < 4.78 is 0. The first kappa shape index (κ1) is 16.9. The van der Waals surface area contributed by atoms with E-state index in [1.165, 1.54) is 17.2 Å². The predicted octanol–water partition coefficient (Wildman–Crippen LogP) is 3.64. The van der Waals surface area contributed by atoms with E-state index in [0.717, 1.165) is 12.0 Å². The first-order valence-corrected chi connectivity index (χ1v) is 8.38. The van der Waals surface area contributed by atoms with Crippen molar-refractivity contribution in [1.29, 1.82) is 0 Å². The summed E-state index contributed by atoms with van der Waals surface area (Å²) in [6.07, 6.45) is 0.916. The van der Waals surface area contributed by atoms with Crippen molar-refractivity contribution in [2.45, 2.75) is 19.0 Å². The normalized spacial score (nSPS) is 11.8. The number of hydrogen-bond acceptors (Lipinski definition) is 2. The van der Waals surface area contributed by atoms with Gasteiger partial charge in [-0.05, 0) is 5.56 Å². The third-order valence-electron chi connectivity index (χ3n) is 4.29. The molecule has 3 aromatic rings. The monoisotopic (exact) mass is 333 g/mol. The highest BCUT2D eigenvalue weighted by Crippen LogP contribution is 2.16. The van der Waals surface area contributed by atoms with E-state index in [-0.39, 0.29) is 16.7 Å². The topological polar surface area (TPSA) is 59.8 Å². The zero-order valence-corrected chi connectivity index (χ0v) is 13.9. The summed E-state index contributed by atoms with van der Waals surface area (Å²) in [5.41, 5.74) is 3.65. The Labute approximate surface area is 147 Å². The smallest absolute Gasteiger partial charge is 0.269 e. The van der Waals surface area contributed by atoms with Gasteiger partial charge < -0.3 is 5.32 Å². The summed E-state index contributed by atoms with van der Waals surface area (Å²) in [5, 5.41) is 13.2. The van der Waals surface area contributed by atoms with Crippen molar-refractivity contribution in [2.75, 3.05) is 0 Å². The lowest BCUT2D eigenvalue weighted by Gasteiger charge is -2.16. The number of hydrogen-bond donors (Lipinski definition) is 1. The molecular weight excluding hydrogens is 312 g/mol. The van der Waals surface area contributed by atoms with Crippen LogP contribution < -0.4 is 5.32 Å². The van der Waals surface area contributed by atoms with E-state index in [1.54, 1.807) is 12.1 Å². The molecule has 25 heavy (non-hydrogen) atoms. The van der Waals surface area contributed by atoms with Crippen LogP contribution in [0.25, 0.3) is 0 Å². The maximum atomic E-state index is 10.9. The van der Waals surface area contributed by atoms with Gasteiger partial charge in [-0.25, -0.2) is 0 Å². The number of nitro benzene ring substituents is 1. The highest BCUT2D eigenvalue weighted by Gasteiger charge is 2.16. The van der Waals surface area contributed by atoms with E-state index in [2.05, 4.69) is 53.8 Å². The summed E-state index contributed by atoms with van der Waals surface area (Å²) in [7, 11) is 0. The van der Waals surface area contributed by atoms with E-state index < -0.39 is 0 Å². The van der Waals surface area contributed by atoms with E-state index >= 15 is 0 Å². The average molecular weight is 333 g/mol. The zero-order chi connectivity index (χ0) is 17.5. The van der Waals surface area contributed by atoms with Crippen LogP contribution in [0.5, 0.6) is 0 Å². The molecule has 0 aliphatic rings. The molecule has 3 aromatic carbocycles. The van der Waals surface area contributed by atoms with Crippen LogP contribution in [-0.2, 0) is 13.0 Å². The fraction of sp³-hybridized carbons (Fsp3) is 0.143. The molecule has 0 aliphatic carbocycles. The Morgan fingerprint density at radius 2 is 1.48 bits per heavy atom. The Morgan fingerprint density at radius 3 is 2.16 bits per heavy atom. The van der Waals surface area contributed by atoms with Gasteiger partial charge >= 0.3 is 0 Å². The maximum Gasteiger partial charge on any atom is 0.269 e. The molecule has 126 valence electrons. The predicted molar refractivity (Wildman–Crippen MR) is 98.1 cm³/mol. The lowest BCUT2D eigenvalue weighted by atomic mass is 9.98. The van der Waals surface area contributed by atoms with Gasteiger partial charge in [-0.1, -0.05) is 72.8 Å². The van der Waals surface area contributed by atoms with E-state index in [0.29, 0.717) is 6.54 Å². The molecule has 3 rings (SSSR count). The fourth-order valence-electron chi connectivity index (χ4n) is 2.98. The Hall–Kier alpha value is -2.98. The van der Waals surface area contributed by atoms with Crippen LogP contribution in [-0.4, -0.2) is 4.92 Å². The van der Waals surface area contributed by atoms with Crippen molar-refractivity contribution in [3.63, 3.8) is 0 Å². The summed E-state index contributed by atoms with van der Waals surface area (Å²) in [5.74, 6) is 0. The van der Waals surface area contributed by atoms with Gasteiger partial charge in [-0.3, -0.25) is 10.1 Å². The summed E-state index contributed by atoms with van der Waals surface area (Å²) in [6.45, 7) is 0.702. The number of benzene rings is 3. The quantitative estimate of drug-likeness (QED) is 0.530. The Kier molecular flexibility index (Phi) is 5.54. The van der Waals surface area contributed by atoms with Crippen molar-refractivity contribution in [1.82, 2.24) is 0 Å². The number of nitrogens with two attached hydrogens (primary N) is 1. The largest absolute Gasteiger partial charge is 0.336 e. The number of nitrogens with zero attached hydrogens (tertiary/aromatic N) is 1. The highest BCUT2D eigenvalue weighted by atomic mass is 16.6. The van der Waals surface area contributed by atoms with E-state index in [1.807, 2.05) is 18.2 Å². The summed E-state index contributed by atoms with van der Waals surface area (Å²) in [4.78, 5) is 10.6. The molecule has 0 saturated heterocycles. The minimum absolute atomic E-state index is 0.144.